The topological polar surface area (TPSA) is 98.0 Å². The minimum absolute atomic E-state index is 0.188. The SMILES string of the molecule is COc1cccc(OCCOc2c(C=C(C#N)C(=O)O)cccc2OC)c1. The molecule has 0 atom stereocenters. The van der Waals surface area contributed by atoms with E-state index in [2.05, 4.69) is 0 Å². The van der Waals surface area contributed by atoms with Crippen molar-refractivity contribution in [3.8, 4) is 29.1 Å². The number of carboxylic acid groups (broad SMARTS) is 1. The van der Waals surface area contributed by atoms with Gasteiger partial charge < -0.3 is 24.1 Å². The summed E-state index contributed by atoms with van der Waals surface area (Å²) in [5.41, 5.74) is 0.0235. The van der Waals surface area contributed by atoms with Crippen LogP contribution in [0.4, 0.5) is 0 Å². The van der Waals surface area contributed by atoms with E-state index in [9.17, 15) is 4.79 Å². The maximum atomic E-state index is 11.1. The largest absolute Gasteiger partial charge is 0.497 e. The van der Waals surface area contributed by atoms with Crippen LogP contribution in [0.25, 0.3) is 6.08 Å². The maximum Gasteiger partial charge on any atom is 0.346 e. The average Bonchev–Trinajstić information content (AvgIpc) is 2.69. The van der Waals surface area contributed by atoms with E-state index in [1.165, 1.54) is 13.2 Å². The summed E-state index contributed by atoms with van der Waals surface area (Å²) in [7, 11) is 3.05. The molecule has 0 aliphatic rings. The predicted octanol–water partition coefficient (Wildman–Crippen LogP) is 3.15. The first-order valence-electron chi connectivity index (χ1n) is 8.00. The van der Waals surface area contributed by atoms with Crippen molar-refractivity contribution in [1.29, 1.82) is 5.26 Å². The molecule has 0 aliphatic carbocycles. The van der Waals surface area contributed by atoms with Crippen LogP contribution in [0.5, 0.6) is 23.0 Å². The van der Waals surface area contributed by atoms with Crippen molar-refractivity contribution in [1.82, 2.24) is 0 Å². The summed E-state index contributed by atoms with van der Waals surface area (Å²) in [6, 6.07) is 13.8. The maximum absolute atomic E-state index is 11.1. The Morgan fingerprint density at radius 2 is 1.78 bits per heavy atom. The molecule has 0 bridgehead atoms. The molecule has 7 nitrogen and oxygen atoms in total. The van der Waals surface area contributed by atoms with Crippen LogP contribution >= 0.6 is 0 Å². The van der Waals surface area contributed by atoms with Crippen LogP contribution in [0, 0.1) is 11.3 Å². The molecular formula is C20H19NO6. The fourth-order valence-corrected chi connectivity index (χ4v) is 2.25. The number of aliphatic carboxylic acids is 1. The molecule has 0 fully saturated rings. The molecule has 0 heterocycles. The van der Waals surface area contributed by atoms with E-state index in [0.717, 1.165) is 0 Å². The predicted molar refractivity (Wildman–Crippen MR) is 98.2 cm³/mol. The van der Waals surface area contributed by atoms with Crippen LogP contribution in [0.2, 0.25) is 0 Å². The van der Waals surface area contributed by atoms with Gasteiger partial charge in [0.15, 0.2) is 11.5 Å². The number of rotatable bonds is 9. The second kappa shape index (κ2) is 9.73. The quantitative estimate of drug-likeness (QED) is 0.412. The lowest BCUT2D eigenvalue weighted by atomic mass is 10.1. The van der Waals surface area contributed by atoms with Crippen molar-refractivity contribution in [2.24, 2.45) is 0 Å². The highest BCUT2D eigenvalue weighted by Gasteiger charge is 2.13. The number of hydrogen-bond donors (Lipinski definition) is 1. The van der Waals surface area contributed by atoms with E-state index < -0.39 is 11.5 Å². The lowest BCUT2D eigenvalue weighted by molar-refractivity contribution is -0.132. The van der Waals surface area contributed by atoms with Gasteiger partial charge in [-0.1, -0.05) is 18.2 Å². The zero-order valence-corrected chi connectivity index (χ0v) is 15.0. The molecular weight excluding hydrogens is 350 g/mol. The Bertz CT molecular complexity index is 869. The Hall–Kier alpha value is -3.66. The highest BCUT2D eigenvalue weighted by Crippen LogP contribution is 2.32. The molecule has 0 saturated heterocycles. The molecule has 0 amide bonds. The van der Waals surface area contributed by atoms with E-state index >= 15 is 0 Å². The number of methoxy groups -OCH3 is 2. The lowest BCUT2D eigenvalue weighted by Gasteiger charge is -2.14. The number of nitriles is 1. The molecule has 2 rings (SSSR count). The fourth-order valence-electron chi connectivity index (χ4n) is 2.25. The molecule has 0 aliphatic heterocycles. The van der Waals surface area contributed by atoms with Gasteiger partial charge in [0, 0.05) is 11.6 Å². The third-order valence-electron chi connectivity index (χ3n) is 3.52. The number of hydrogen-bond acceptors (Lipinski definition) is 6. The number of nitrogens with zero attached hydrogens (tertiary/aromatic N) is 1. The van der Waals surface area contributed by atoms with Crippen molar-refractivity contribution < 1.29 is 28.8 Å². The smallest absolute Gasteiger partial charge is 0.346 e. The highest BCUT2D eigenvalue weighted by molar-refractivity contribution is 5.97. The summed E-state index contributed by atoms with van der Waals surface area (Å²) in [6.45, 7) is 0.436. The zero-order valence-electron chi connectivity index (χ0n) is 15.0. The first kappa shape index (κ1) is 19.7. The first-order valence-corrected chi connectivity index (χ1v) is 8.00. The van der Waals surface area contributed by atoms with Gasteiger partial charge in [0.05, 0.1) is 14.2 Å². The Morgan fingerprint density at radius 1 is 1.07 bits per heavy atom. The summed E-state index contributed by atoms with van der Waals surface area (Å²) >= 11 is 0. The Labute approximate surface area is 157 Å². The van der Waals surface area contributed by atoms with Gasteiger partial charge in [0.25, 0.3) is 0 Å². The summed E-state index contributed by atoms with van der Waals surface area (Å²) in [4.78, 5) is 11.1. The van der Waals surface area contributed by atoms with Gasteiger partial charge in [0.2, 0.25) is 0 Å². The molecule has 0 radical (unpaired) electrons. The minimum Gasteiger partial charge on any atom is -0.497 e. The monoisotopic (exact) mass is 369 g/mol. The second-order valence-corrected chi connectivity index (χ2v) is 5.23. The molecule has 2 aromatic carbocycles. The summed E-state index contributed by atoms with van der Waals surface area (Å²) in [6.07, 6.45) is 1.24. The van der Waals surface area contributed by atoms with Gasteiger partial charge in [0.1, 0.15) is 36.4 Å². The van der Waals surface area contributed by atoms with Gasteiger partial charge >= 0.3 is 5.97 Å². The molecule has 0 unspecified atom stereocenters. The van der Waals surface area contributed by atoms with Crippen LogP contribution < -0.4 is 18.9 Å². The Morgan fingerprint density at radius 3 is 2.44 bits per heavy atom. The zero-order chi connectivity index (χ0) is 19.6. The highest BCUT2D eigenvalue weighted by atomic mass is 16.5. The standard InChI is InChI=1S/C20H19NO6/c1-24-16-6-4-7-17(12-16)26-9-10-27-19-14(5-3-8-18(19)25-2)11-15(13-21)20(22)23/h3-8,11-12H,9-10H2,1-2H3,(H,22,23). The van der Waals surface area contributed by atoms with Crippen molar-refractivity contribution in [3.63, 3.8) is 0 Å². The van der Waals surface area contributed by atoms with Gasteiger partial charge in [-0.15, -0.1) is 0 Å². The number of benzene rings is 2. The lowest BCUT2D eigenvalue weighted by Crippen LogP contribution is -2.10. The van der Waals surface area contributed by atoms with Crippen molar-refractivity contribution >= 4 is 12.0 Å². The van der Waals surface area contributed by atoms with Gasteiger partial charge in [-0.2, -0.15) is 5.26 Å². The van der Waals surface area contributed by atoms with Crippen molar-refractivity contribution in [2.45, 2.75) is 0 Å². The average molecular weight is 369 g/mol. The van der Waals surface area contributed by atoms with Crippen LogP contribution in [-0.4, -0.2) is 38.5 Å². The summed E-state index contributed by atoms with van der Waals surface area (Å²) in [5, 5.41) is 18.0. The molecule has 0 spiro atoms. The molecule has 0 aromatic heterocycles. The third-order valence-corrected chi connectivity index (χ3v) is 3.52. The number of carboxylic acids is 1. The van der Waals surface area contributed by atoms with Crippen LogP contribution in [0.15, 0.2) is 48.0 Å². The van der Waals surface area contributed by atoms with E-state index in [1.54, 1.807) is 43.5 Å². The van der Waals surface area contributed by atoms with Gasteiger partial charge in [-0.05, 0) is 24.3 Å². The van der Waals surface area contributed by atoms with E-state index in [4.69, 9.17) is 29.3 Å². The molecule has 7 heteroatoms. The van der Waals surface area contributed by atoms with Crippen LogP contribution in [-0.2, 0) is 4.79 Å². The Kier molecular flexibility index (Phi) is 7.08. The van der Waals surface area contributed by atoms with E-state index in [-0.39, 0.29) is 13.2 Å². The third kappa shape index (κ3) is 5.41. The number of carbonyl (C=O) groups is 1. The van der Waals surface area contributed by atoms with Crippen molar-refractivity contribution in [3.05, 3.63) is 53.6 Å². The van der Waals surface area contributed by atoms with Crippen LogP contribution in [0.3, 0.4) is 0 Å². The molecule has 2 aromatic rings. The summed E-state index contributed by atoms with van der Waals surface area (Å²) < 4.78 is 21.8. The molecule has 140 valence electrons. The number of ether oxygens (including phenoxy) is 4. The molecule has 27 heavy (non-hydrogen) atoms. The summed E-state index contributed by atoms with van der Waals surface area (Å²) in [5.74, 6) is 0.766. The Balaban J connectivity index is 2.10. The first-order chi connectivity index (χ1) is 13.1. The number of para-hydroxylation sites is 1. The van der Waals surface area contributed by atoms with Gasteiger partial charge in [-0.25, -0.2) is 4.79 Å². The normalized spacial score (nSPS) is 10.6. The van der Waals surface area contributed by atoms with Gasteiger partial charge in [-0.3, -0.25) is 0 Å². The van der Waals surface area contributed by atoms with Crippen molar-refractivity contribution in [2.75, 3.05) is 27.4 Å². The molecule has 1 N–H and O–H groups in total. The van der Waals surface area contributed by atoms with E-state index in [0.29, 0.717) is 28.6 Å². The fraction of sp³-hybridized carbons (Fsp3) is 0.200. The second-order valence-electron chi connectivity index (χ2n) is 5.23. The van der Waals surface area contributed by atoms with E-state index in [1.807, 2.05) is 12.1 Å². The molecule has 0 saturated carbocycles. The van der Waals surface area contributed by atoms with Crippen LogP contribution in [0.1, 0.15) is 5.56 Å². The minimum atomic E-state index is -1.31.